The molecule has 4 rings (SSSR count). The van der Waals surface area contributed by atoms with E-state index in [1.165, 1.54) is 25.7 Å². The molecule has 3 heterocycles. The minimum atomic E-state index is -0.0510. The van der Waals surface area contributed by atoms with Crippen molar-refractivity contribution in [1.82, 2.24) is 25.0 Å². The molecule has 0 radical (unpaired) electrons. The third-order valence-electron chi connectivity index (χ3n) is 5.08. The Labute approximate surface area is 130 Å². The first-order valence-electron chi connectivity index (χ1n) is 8.31. The molecular formula is C15H23N5O2. The van der Waals surface area contributed by atoms with E-state index in [9.17, 15) is 4.79 Å². The first-order valence-corrected chi connectivity index (χ1v) is 8.31. The van der Waals surface area contributed by atoms with E-state index in [4.69, 9.17) is 4.74 Å². The van der Waals surface area contributed by atoms with Crippen LogP contribution in [0.3, 0.4) is 0 Å². The smallest absolute Gasteiger partial charge is 0.291 e. The molecule has 22 heavy (non-hydrogen) atoms. The fourth-order valence-electron chi connectivity index (χ4n) is 3.68. The molecule has 1 aromatic heterocycles. The number of nitrogens with zero attached hydrogens (tertiary/aromatic N) is 4. The Balaban J connectivity index is 1.43. The number of ether oxygens (including phenoxy) is 1. The third-order valence-corrected chi connectivity index (χ3v) is 5.08. The van der Waals surface area contributed by atoms with Crippen molar-refractivity contribution < 1.29 is 9.53 Å². The minimum absolute atomic E-state index is 0.0510. The number of morpholine rings is 1. The summed E-state index contributed by atoms with van der Waals surface area (Å²) < 4.78 is 6.00. The van der Waals surface area contributed by atoms with Gasteiger partial charge in [0.15, 0.2) is 0 Å². The number of carbonyl (C=O) groups is 1. The second-order valence-electron chi connectivity index (χ2n) is 6.62. The number of fused-ring (bicyclic) bond motifs is 1. The molecular weight excluding hydrogens is 282 g/mol. The summed E-state index contributed by atoms with van der Waals surface area (Å²) in [6.45, 7) is 4.57. The first kappa shape index (κ1) is 14.1. The van der Waals surface area contributed by atoms with E-state index in [1.807, 2.05) is 4.90 Å². The molecule has 2 atom stereocenters. The van der Waals surface area contributed by atoms with Crippen molar-refractivity contribution in [2.45, 2.75) is 37.8 Å². The lowest BCUT2D eigenvalue weighted by atomic mass is 10.0. The quantitative estimate of drug-likeness (QED) is 0.881. The largest absolute Gasteiger partial charge is 0.375 e. The van der Waals surface area contributed by atoms with Gasteiger partial charge in [-0.3, -0.25) is 14.8 Å². The zero-order valence-electron chi connectivity index (χ0n) is 12.8. The summed E-state index contributed by atoms with van der Waals surface area (Å²) in [6.07, 6.45) is 6.30. The number of nitrogens with one attached hydrogen (secondary N) is 1. The molecule has 7 heteroatoms. The zero-order valence-corrected chi connectivity index (χ0v) is 12.8. The van der Waals surface area contributed by atoms with Crippen LogP contribution in [0.15, 0.2) is 6.33 Å². The third kappa shape index (κ3) is 2.87. The normalized spacial score (nSPS) is 29.9. The van der Waals surface area contributed by atoms with E-state index in [0.29, 0.717) is 11.9 Å². The number of amides is 1. The van der Waals surface area contributed by atoms with E-state index in [-0.39, 0.29) is 12.0 Å². The van der Waals surface area contributed by atoms with Crippen LogP contribution in [0.25, 0.3) is 0 Å². The molecule has 1 saturated carbocycles. The summed E-state index contributed by atoms with van der Waals surface area (Å²) in [4.78, 5) is 20.9. The maximum absolute atomic E-state index is 12.4. The SMILES string of the molecule is O=C(c1ncn[nH]1)N1CCC2OCCN(CC3CC3)C2CC1. The Kier molecular flexibility index (Phi) is 3.83. The van der Waals surface area contributed by atoms with Crippen molar-refractivity contribution in [2.24, 2.45) is 5.92 Å². The van der Waals surface area contributed by atoms with Crippen molar-refractivity contribution in [3.63, 3.8) is 0 Å². The Morgan fingerprint density at radius 3 is 2.91 bits per heavy atom. The van der Waals surface area contributed by atoms with Gasteiger partial charge in [-0.25, -0.2) is 4.98 Å². The van der Waals surface area contributed by atoms with Crippen molar-refractivity contribution in [3.05, 3.63) is 12.2 Å². The highest BCUT2D eigenvalue weighted by Gasteiger charge is 2.38. The maximum atomic E-state index is 12.4. The highest BCUT2D eigenvalue weighted by atomic mass is 16.5. The number of rotatable bonds is 3. The molecule has 3 aliphatic rings. The highest BCUT2D eigenvalue weighted by molar-refractivity contribution is 5.90. The molecule has 3 fully saturated rings. The fraction of sp³-hybridized carbons (Fsp3) is 0.800. The predicted octanol–water partition coefficient (Wildman–Crippen LogP) is 0.520. The predicted molar refractivity (Wildman–Crippen MR) is 79.3 cm³/mol. The molecule has 0 aromatic carbocycles. The summed E-state index contributed by atoms with van der Waals surface area (Å²) >= 11 is 0. The monoisotopic (exact) mass is 305 g/mol. The second-order valence-corrected chi connectivity index (χ2v) is 6.62. The van der Waals surface area contributed by atoms with Crippen LogP contribution in [0.5, 0.6) is 0 Å². The van der Waals surface area contributed by atoms with E-state index in [0.717, 1.165) is 45.0 Å². The van der Waals surface area contributed by atoms with Gasteiger partial charge in [-0.2, -0.15) is 5.10 Å². The molecule has 1 N–H and O–H groups in total. The van der Waals surface area contributed by atoms with Gasteiger partial charge in [-0.05, 0) is 31.6 Å². The molecule has 1 amide bonds. The lowest BCUT2D eigenvalue weighted by Crippen LogP contribution is -2.51. The number of aromatic amines is 1. The molecule has 7 nitrogen and oxygen atoms in total. The van der Waals surface area contributed by atoms with Gasteiger partial charge < -0.3 is 9.64 Å². The summed E-state index contributed by atoms with van der Waals surface area (Å²) in [7, 11) is 0. The Hall–Kier alpha value is -1.47. The molecule has 2 unspecified atom stereocenters. The first-order chi connectivity index (χ1) is 10.8. The molecule has 1 aromatic rings. The molecule has 2 aliphatic heterocycles. The van der Waals surface area contributed by atoms with E-state index < -0.39 is 0 Å². The van der Waals surface area contributed by atoms with Crippen LogP contribution in [0.2, 0.25) is 0 Å². The standard InChI is InChI=1S/C15H23N5O2/c21-15(14-16-10-17-18-14)19-5-3-12-13(4-6-19)22-8-7-20(12)9-11-1-2-11/h10-13H,1-9H2,(H,16,17,18). The van der Waals surface area contributed by atoms with E-state index in [2.05, 4.69) is 20.1 Å². The van der Waals surface area contributed by atoms with Gasteiger partial charge in [0.1, 0.15) is 6.33 Å². The Morgan fingerprint density at radius 2 is 2.14 bits per heavy atom. The molecule has 1 aliphatic carbocycles. The van der Waals surface area contributed by atoms with Gasteiger partial charge in [0.2, 0.25) is 5.82 Å². The summed E-state index contributed by atoms with van der Waals surface area (Å²) in [5, 5.41) is 6.44. The second kappa shape index (κ2) is 5.96. The molecule has 0 bridgehead atoms. The van der Waals surface area contributed by atoms with Crippen molar-refractivity contribution in [3.8, 4) is 0 Å². The molecule has 120 valence electrons. The minimum Gasteiger partial charge on any atom is -0.375 e. The lowest BCUT2D eigenvalue weighted by Gasteiger charge is -2.40. The Bertz CT molecular complexity index is 516. The van der Waals surface area contributed by atoms with Crippen molar-refractivity contribution in [2.75, 3.05) is 32.8 Å². The number of carbonyl (C=O) groups excluding carboxylic acids is 1. The number of aromatic nitrogens is 3. The number of hydrogen-bond acceptors (Lipinski definition) is 5. The Morgan fingerprint density at radius 1 is 1.27 bits per heavy atom. The van der Waals surface area contributed by atoms with Crippen LogP contribution in [-0.2, 0) is 4.74 Å². The van der Waals surface area contributed by atoms with Crippen LogP contribution in [-0.4, -0.2) is 75.8 Å². The van der Waals surface area contributed by atoms with Gasteiger partial charge >= 0.3 is 0 Å². The van der Waals surface area contributed by atoms with Crippen LogP contribution >= 0.6 is 0 Å². The maximum Gasteiger partial charge on any atom is 0.291 e. The van der Waals surface area contributed by atoms with Gasteiger partial charge in [-0.1, -0.05) is 0 Å². The topological polar surface area (TPSA) is 74.3 Å². The summed E-state index contributed by atoms with van der Waals surface area (Å²) in [5.74, 6) is 1.18. The van der Waals surface area contributed by atoms with Crippen molar-refractivity contribution >= 4 is 5.91 Å². The van der Waals surface area contributed by atoms with E-state index >= 15 is 0 Å². The van der Waals surface area contributed by atoms with Crippen LogP contribution < -0.4 is 0 Å². The number of hydrogen-bond donors (Lipinski definition) is 1. The summed E-state index contributed by atoms with van der Waals surface area (Å²) in [5.41, 5.74) is 0. The van der Waals surface area contributed by atoms with Gasteiger partial charge in [0.25, 0.3) is 5.91 Å². The number of H-pyrrole nitrogens is 1. The lowest BCUT2D eigenvalue weighted by molar-refractivity contribution is -0.0727. The van der Waals surface area contributed by atoms with Gasteiger partial charge in [0.05, 0.1) is 12.7 Å². The van der Waals surface area contributed by atoms with Crippen LogP contribution in [0, 0.1) is 5.92 Å². The van der Waals surface area contributed by atoms with Gasteiger partial charge in [0, 0.05) is 32.2 Å². The highest BCUT2D eigenvalue weighted by Crippen LogP contribution is 2.33. The van der Waals surface area contributed by atoms with Crippen LogP contribution in [0.4, 0.5) is 0 Å². The van der Waals surface area contributed by atoms with E-state index in [1.54, 1.807) is 0 Å². The number of likely N-dealkylation sites (tertiary alicyclic amines) is 1. The zero-order chi connectivity index (χ0) is 14.9. The van der Waals surface area contributed by atoms with Gasteiger partial charge in [-0.15, -0.1) is 0 Å². The summed E-state index contributed by atoms with van der Waals surface area (Å²) in [6, 6.07) is 0.460. The molecule has 2 saturated heterocycles. The van der Waals surface area contributed by atoms with Crippen LogP contribution in [0.1, 0.15) is 36.3 Å². The average Bonchev–Trinajstić information content (AvgIpc) is 3.23. The fourth-order valence-corrected chi connectivity index (χ4v) is 3.68. The molecule has 0 spiro atoms. The average molecular weight is 305 g/mol. The van der Waals surface area contributed by atoms with Crippen molar-refractivity contribution in [1.29, 1.82) is 0 Å².